The van der Waals surface area contributed by atoms with Crippen LogP contribution in [-0.2, 0) is 11.3 Å². The second-order valence-corrected chi connectivity index (χ2v) is 5.97. The Morgan fingerprint density at radius 3 is 2.70 bits per heavy atom. The summed E-state index contributed by atoms with van der Waals surface area (Å²) in [6, 6.07) is 16.7. The van der Waals surface area contributed by atoms with Crippen molar-refractivity contribution in [2.45, 2.75) is 17.4 Å². The molecular weight excluding hydrogens is 268 g/mol. The average Bonchev–Trinajstić information content (AvgIpc) is 2.92. The third-order valence-electron chi connectivity index (χ3n) is 3.55. The van der Waals surface area contributed by atoms with Crippen molar-refractivity contribution in [2.75, 3.05) is 19.5 Å². The summed E-state index contributed by atoms with van der Waals surface area (Å²) in [6.45, 7) is 1.45. The van der Waals surface area contributed by atoms with E-state index in [9.17, 15) is 0 Å². The highest BCUT2D eigenvalue weighted by Gasteiger charge is 2.22. The van der Waals surface area contributed by atoms with E-state index in [-0.39, 0.29) is 0 Å². The van der Waals surface area contributed by atoms with Crippen molar-refractivity contribution in [3.05, 3.63) is 59.7 Å². The molecule has 0 amide bonds. The summed E-state index contributed by atoms with van der Waals surface area (Å²) in [6.07, 6.45) is 0. The number of methoxy groups -OCH3 is 1. The van der Waals surface area contributed by atoms with Crippen LogP contribution in [0, 0.1) is 0 Å². The second-order valence-electron chi connectivity index (χ2n) is 4.91. The predicted molar refractivity (Wildman–Crippen MR) is 82.6 cm³/mol. The summed E-state index contributed by atoms with van der Waals surface area (Å²) >= 11 is 1.93. The number of thioether (sulfide) groups is 1. The van der Waals surface area contributed by atoms with Crippen molar-refractivity contribution in [3.63, 3.8) is 0 Å². The molecule has 0 saturated heterocycles. The van der Waals surface area contributed by atoms with Crippen molar-refractivity contribution in [3.8, 4) is 5.75 Å². The van der Waals surface area contributed by atoms with Gasteiger partial charge in [-0.05, 0) is 29.3 Å². The standard InChI is InChI=1S/C17H18O2S/c1-18-15-8-6-13(7-9-15)10-19-11-14-12-20-17-5-3-2-4-16(14)17/h2-9,14H,10-12H2,1H3. The van der Waals surface area contributed by atoms with Gasteiger partial charge in [0, 0.05) is 16.6 Å². The first-order valence-corrected chi connectivity index (χ1v) is 7.78. The fourth-order valence-corrected chi connectivity index (χ4v) is 3.64. The summed E-state index contributed by atoms with van der Waals surface area (Å²) in [5, 5.41) is 0. The largest absolute Gasteiger partial charge is 0.497 e. The molecule has 0 N–H and O–H groups in total. The smallest absolute Gasteiger partial charge is 0.118 e. The lowest BCUT2D eigenvalue weighted by Crippen LogP contribution is -2.07. The van der Waals surface area contributed by atoms with Crippen molar-refractivity contribution < 1.29 is 9.47 Å². The summed E-state index contributed by atoms with van der Waals surface area (Å²) in [4.78, 5) is 1.41. The molecule has 0 fully saturated rings. The molecule has 104 valence electrons. The zero-order valence-electron chi connectivity index (χ0n) is 11.5. The molecule has 3 heteroatoms. The van der Waals surface area contributed by atoms with E-state index < -0.39 is 0 Å². The Hall–Kier alpha value is -1.45. The zero-order chi connectivity index (χ0) is 13.8. The molecule has 1 heterocycles. The average molecular weight is 286 g/mol. The Bertz CT molecular complexity index is 565. The minimum absolute atomic E-state index is 0.523. The van der Waals surface area contributed by atoms with Crippen molar-refractivity contribution in [1.29, 1.82) is 0 Å². The minimum atomic E-state index is 0.523. The topological polar surface area (TPSA) is 18.5 Å². The molecule has 1 aliphatic heterocycles. The van der Waals surface area contributed by atoms with Gasteiger partial charge in [-0.2, -0.15) is 0 Å². The van der Waals surface area contributed by atoms with Crippen LogP contribution in [0.15, 0.2) is 53.4 Å². The highest BCUT2D eigenvalue weighted by Crippen LogP contribution is 2.39. The zero-order valence-corrected chi connectivity index (χ0v) is 12.4. The summed E-state index contributed by atoms with van der Waals surface area (Å²) < 4.78 is 11.0. The van der Waals surface area contributed by atoms with Gasteiger partial charge in [0.25, 0.3) is 0 Å². The molecule has 0 spiro atoms. The van der Waals surface area contributed by atoms with E-state index >= 15 is 0 Å². The normalized spacial score (nSPS) is 16.9. The van der Waals surface area contributed by atoms with Gasteiger partial charge in [-0.25, -0.2) is 0 Å². The van der Waals surface area contributed by atoms with Crippen LogP contribution in [0.3, 0.4) is 0 Å². The lowest BCUT2D eigenvalue weighted by Gasteiger charge is -2.11. The van der Waals surface area contributed by atoms with Gasteiger partial charge in [0.15, 0.2) is 0 Å². The molecule has 0 aliphatic carbocycles. The predicted octanol–water partition coefficient (Wildman–Crippen LogP) is 4.10. The number of ether oxygens (including phenoxy) is 2. The van der Waals surface area contributed by atoms with E-state index in [0.29, 0.717) is 12.5 Å². The number of benzene rings is 2. The van der Waals surface area contributed by atoms with Gasteiger partial charge < -0.3 is 9.47 Å². The number of hydrogen-bond acceptors (Lipinski definition) is 3. The van der Waals surface area contributed by atoms with Gasteiger partial charge in [0.05, 0.1) is 20.3 Å². The van der Waals surface area contributed by atoms with Crippen LogP contribution in [-0.4, -0.2) is 19.5 Å². The van der Waals surface area contributed by atoms with E-state index in [1.54, 1.807) is 7.11 Å². The summed E-state index contributed by atoms with van der Waals surface area (Å²) in [5.74, 6) is 2.53. The fraction of sp³-hybridized carbons (Fsp3) is 0.294. The van der Waals surface area contributed by atoms with E-state index in [4.69, 9.17) is 9.47 Å². The van der Waals surface area contributed by atoms with Crippen LogP contribution in [0.1, 0.15) is 17.0 Å². The molecule has 0 saturated carbocycles. The van der Waals surface area contributed by atoms with Gasteiger partial charge in [-0.1, -0.05) is 30.3 Å². The Kier molecular flexibility index (Phi) is 4.28. The van der Waals surface area contributed by atoms with E-state index in [2.05, 4.69) is 36.4 Å². The summed E-state index contributed by atoms with van der Waals surface area (Å²) in [5.41, 5.74) is 2.62. The molecule has 1 atom stereocenters. The minimum Gasteiger partial charge on any atom is -0.497 e. The maximum absolute atomic E-state index is 5.88. The lowest BCUT2D eigenvalue weighted by molar-refractivity contribution is 0.111. The van der Waals surface area contributed by atoms with Crippen molar-refractivity contribution in [2.24, 2.45) is 0 Å². The van der Waals surface area contributed by atoms with Crippen molar-refractivity contribution in [1.82, 2.24) is 0 Å². The maximum atomic E-state index is 5.88. The van der Waals surface area contributed by atoms with Gasteiger partial charge >= 0.3 is 0 Å². The van der Waals surface area contributed by atoms with Gasteiger partial charge in [0.1, 0.15) is 5.75 Å². The molecule has 0 radical (unpaired) electrons. The number of fused-ring (bicyclic) bond motifs is 1. The number of hydrogen-bond donors (Lipinski definition) is 0. The highest BCUT2D eigenvalue weighted by molar-refractivity contribution is 7.99. The third-order valence-corrected chi connectivity index (χ3v) is 4.80. The first-order valence-electron chi connectivity index (χ1n) is 6.79. The van der Waals surface area contributed by atoms with Crippen LogP contribution in [0.2, 0.25) is 0 Å². The quantitative estimate of drug-likeness (QED) is 0.824. The Morgan fingerprint density at radius 1 is 1.10 bits per heavy atom. The molecular formula is C17H18O2S. The first kappa shape index (κ1) is 13.5. The molecule has 20 heavy (non-hydrogen) atoms. The van der Waals surface area contributed by atoms with E-state index in [1.165, 1.54) is 16.0 Å². The van der Waals surface area contributed by atoms with E-state index in [1.807, 2.05) is 23.9 Å². The van der Waals surface area contributed by atoms with Crippen LogP contribution in [0.5, 0.6) is 5.75 Å². The second kappa shape index (κ2) is 6.33. The van der Waals surface area contributed by atoms with Crippen LogP contribution in [0.4, 0.5) is 0 Å². The molecule has 0 aromatic heterocycles. The molecule has 2 aromatic rings. The SMILES string of the molecule is COc1ccc(COCC2CSc3ccccc32)cc1. The van der Waals surface area contributed by atoms with Gasteiger partial charge in [-0.3, -0.25) is 0 Å². The monoisotopic (exact) mass is 286 g/mol. The first-order chi connectivity index (χ1) is 9.86. The van der Waals surface area contributed by atoms with Gasteiger partial charge in [0.2, 0.25) is 0 Å². The van der Waals surface area contributed by atoms with Crippen LogP contribution >= 0.6 is 11.8 Å². The molecule has 2 aromatic carbocycles. The molecule has 3 rings (SSSR count). The molecule has 1 unspecified atom stereocenters. The summed E-state index contributed by atoms with van der Waals surface area (Å²) in [7, 11) is 1.68. The highest BCUT2D eigenvalue weighted by atomic mass is 32.2. The van der Waals surface area contributed by atoms with Gasteiger partial charge in [-0.15, -0.1) is 11.8 Å². The Labute approximate surface area is 124 Å². The molecule has 1 aliphatic rings. The molecule has 0 bridgehead atoms. The maximum Gasteiger partial charge on any atom is 0.118 e. The van der Waals surface area contributed by atoms with Crippen molar-refractivity contribution >= 4 is 11.8 Å². The van der Waals surface area contributed by atoms with Crippen LogP contribution in [0.25, 0.3) is 0 Å². The number of rotatable bonds is 5. The third kappa shape index (κ3) is 3.00. The molecule has 2 nitrogen and oxygen atoms in total. The lowest BCUT2D eigenvalue weighted by atomic mass is 10.0. The Morgan fingerprint density at radius 2 is 1.90 bits per heavy atom. The van der Waals surface area contributed by atoms with Crippen LogP contribution < -0.4 is 4.74 Å². The fourth-order valence-electron chi connectivity index (χ4n) is 2.41. The van der Waals surface area contributed by atoms with E-state index in [0.717, 1.165) is 18.1 Å². The Balaban J connectivity index is 1.53.